The summed E-state index contributed by atoms with van der Waals surface area (Å²) in [4.78, 5) is 7.32. The number of benzene rings is 1. The van der Waals surface area contributed by atoms with Gasteiger partial charge in [0.1, 0.15) is 0 Å². The van der Waals surface area contributed by atoms with E-state index in [1.54, 1.807) is 6.33 Å². The zero-order chi connectivity index (χ0) is 13.2. The molecule has 0 aliphatic heterocycles. The second-order valence-electron chi connectivity index (χ2n) is 4.80. The number of imidazole rings is 1. The largest absolute Gasteiger partial charge is 0.487 e. The molecule has 108 valence electrons. The molecule has 20 heavy (non-hydrogen) atoms. The van der Waals surface area contributed by atoms with Gasteiger partial charge in [0.2, 0.25) is 0 Å². The molecular weight excluding hydrogens is 286 g/mol. The maximum Gasteiger partial charge on any atom is 0.190 e. The van der Waals surface area contributed by atoms with Crippen molar-refractivity contribution in [3.63, 3.8) is 0 Å². The fraction of sp³-hybridized carbons (Fsp3) is 0.357. The first kappa shape index (κ1) is 14.8. The number of para-hydroxylation sites is 1. The van der Waals surface area contributed by atoms with Crippen molar-refractivity contribution in [2.75, 3.05) is 6.61 Å². The summed E-state index contributed by atoms with van der Waals surface area (Å²) in [6.45, 7) is 0.316. The summed E-state index contributed by atoms with van der Waals surface area (Å²) in [5.41, 5.74) is 2.20. The van der Waals surface area contributed by atoms with Gasteiger partial charge in [0.25, 0.3) is 0 Å². The van der Waals surface area contributed by atoms with Crippen molar-refractivity contribution < 1.29 is 13.5 Å². The van der Waals surface area contributed by atoms with E-state index < -0.39 is 11.6 Å². The van der Waals surface area contributed by atoms with Gasteiger partial charge in [-0.05, 0) is 37.3 Å². The van der Waals surface area contributed by atoms with Crippen LogP contribution in [0.25, 0.3) is 0 Å². The lowest BCUT2D eigenvalue weighted by Crippen LogP contribution is -2.21. The van der Waals surface area contributed by atoms with Crippen molar-refractivity contribution in [2.24, 2.45) is 5.92 Å². The van der Waals surface area contributed by atoms with Crippen LogP contribution in [0.3, 0.4) is 0 Å². The minimum atomic E-state index is -0.655. The van der Waals surface area contributed by atoms with E-state index in [-0.39, 0.29) is 24.1 Å². The summed E-state index contributed by atoms with van der Waals surface area (Å²) < 4.78 is 32.1. The Bertz CT molecular complexity index is 568. The SMILES string of the molecule is Cl.Fc1cccc(F)c1OCC1CCc2nc[nH]c2C1. The molecule has 0 amide bonds. The zero-order valence-electron chi connectivity index (χ0n) is 10.7. The molecule has 0 bridgehead atoms. The topological polar surface area (TPSA) is 37.9 Å². The average molecular weight is 301 g/mol. The summed E-state index contributed by atoms with van der Waals surface area (Å²) in [7, 11) is 0. The van der Waals surface area contributed by atoms with Crippen LogP contribution in [-0.4, -0.2) is 16.6 Å². The molecule has 3 rings (SSSR count). The molecule has 1 aromatic carbocycles. The van der Waals surface area contributed by atoms with Crippen LogP contribution in [0.1, 0.15) is 17.8 Å². The number of fused-ring (bicyclic) bond motifs is 1. The molecule has 0 saturated carbocycles. The van der Waals surface area contributed by atoms with Crippen LogP contribution < -0.4 is 4.74 Å². The number of aryl methyl sites for hydroxylation is 1. The van der Waals surface area contributed by atoms with E-state index in [9.17, 15) is 8.78 Å². The Labute approximate surface area is 121 Å². The van der Waals surface area contributed by atoms with E-state index in [2.05, 4.69) is 9.97 Å². The van der Waals surface area contributed by atoms with Crippen LogP contribution in [0.5, 0.6) is 5.75 Å². The van der Waals surface area contributed by atoms with Crippen LogP contribution >= 0.6 is 12.4 Å². The predicted octanol–water partition coefficient (Wildman–Crippen LogP) is 3.29. The Kier molecular flexibility index (Phi) is 4.60. The number of hydrogen-bond acceptors (Lipinski definition) is 2. The standard InChI is InChI=1S/C14H14F2N2O.ClH/c15-10-2-1-3-11(16)14(10)19-7-9-4-5-12-13(6-9)18-8-17-12;/h1-3,8-9H,4-7H2,(H,17,18);1H. The number of H-pyrrole nitrogens is 1. The van der Waals surface area contributed by atoms with Crippen LogP contribution in [0.2, 0.25) is 0 Å². The van der Waals surface area contributed by atoms with Crippen molar-refractivity contribution in [2.45, 2.75) is 19.3 Å². The second kappa shape index (κ2) is 6.22. The molecule has 1 aliphatic carbocycles. The monoisotopic (exact) mass is 300 g/mol. The second-order valence-corrected chi connectivity index (χ2v) is 4.80. The van der Waals surface area contributed by atoms with Crippen LogP contribution in [-0.2, 0) is 12.8 Å². The van der Waals surface area contributed by atoms with Gasteiger partial charge in [-0.15, -0.1) is 12.4 Å². The van der Waals surface area contributed by atoms with Crippen LogP contribution in [0.4, 0.5) is 8.78 Å². The normalized spacial score (nSPS) is 17.2. The van der Waals surface area contributed by atoms with Crippen molar-refractivity contribution in [3.05, 3.63) is 47.5 Å². The molecule has 0 radical (unpaired) electrons. The lowest BCUT2D eigenvalue weighted by molar-refractivity contribution is 0.215. The van der Waals surface area contributed by atoms with E-state index in [0.717, 1.165) is 30.7 Å². The van der Waals surface area contributed by atoms with Gasteiger partial charge in [-0.3, -0.25) is 0 Å². The van der Waals surface area contributed by atoms with Crippen LogP contribution in [0, 0.1) is 17.6 Å². The van der Waals surface area contributed by atoms with Gasteiger partial charge in [0.15, 0.2) is 17.4 Å². The van der Waals surface area contributed by atoms with Crippen molar-refractivity contribution in [3.8, 4) is 5.75 Å². The minimum Gasteiger partial charge on any atom is -0.487 e. The zero-order valence-corrected chi connectivity index (χ0v) is 11.6. The number of rotatable bonds is 3. The Balaban J connectivity index is 0.00000147. The van der Waals surface area contributed by atoms with Gasteiger partial charge < -0.3 is 9.72 Å². The summed E-state index contributed by atoms with van der Waals surface area (Å²) in [5, 5.41) is 0. The maximum atomic E-state index is 13.4. The maximum absolute atomic E-state index is 13.4. The highest BCUT2D eigenvalue weighted by atomic mass is 35.5. The molecule has 6 heteroatoms. The lowest BCUT2D eigenvalue weighted by atomic mass is 9.90. The molecule has 1 N–H and O–H groups in total. The van der Waals surface area contributed by atoms with Crippen molar-refractivity contribution in [1.29, 1.82) is 0 Å². The third-order valence-corrected chi connectivity index (χ3v) is 3.47. The van der Waals surface area contributed by atoms with Gasteiger partial charge in [-0.1, -0.05) is 6.07 Å². The quantitative estimate of drug-likeness (QED) is 0.944. The molecule has 0 fully saturated rings. The summed E-state index contributed by atoms with van der Waals surface area (Å²) in [6, 6.07) is 3.73. The highest BCUT2D eigenvalue weighted by Gasteiger charge is 2.22. The van der Waals surface area contributed by atoms with Crippen molar-refractivity contribution >= 4 is 12.4 Å². The number of aromatic nitrogens is 2. The summed E-state index contributed by atoms with van der Waals surface area (Å²) >= 11 is 0. The highest BCUT2D eigenvalue weighted by Crippen LogP contribution is 2.26. The van der Waals surface area contributed by atoms with E-state index in [4.69, 9.17) is 4.74 Å². The van der Waals surface area contributed by atoms with E-state index in [1.807, 2.05) is 0 Å². The fourth-order valence-corrected chi connectivity index (χ4v) is 2.44. The fourth-order valence-electron chi connectivity index (χ4n) is 2.44. The van der Waals surface area contributed by atoms with Gasteiger partial charge in [0, 0.05) is 5.69 Å². The lowest BCUT2D eigenvalue weighted by Gasteiger charge is -2.21. The molecule has 2 aromatic rings. The number of hydrogen-bond donors (Lipinski definition) is 1. The van der Waals surface area contributed by atoms with Gasteiger partial charge in [-0.25, -0.2) is 13.8 Å². The number of ether oxygens (including phenoxy) is 1. The smallest absolute Gasteiger partial charge is 0.190 e. The Morgan fingerprint density at radius 2 is 2.05 bits per heavy atom. The predicted molar refractivity (Wildman–Crippen MR) is 73.2 cm³/mol. The number of nitrogens with zero attached hydrogens (tertiary/aromatic N) is 1. The van der Waals surface area contributed by atoms with E-state index in [1.165, 1.54) is 18.2 Å². The van der Waals surface area contributed by atoms with Crippen molar-refractivity contribution in [1.82, 2.24) is 9.97 Å². The Hall–Kier alpha value is -1.62. The molecule has 1 heterocycles. The summed E-state index contributed by atoms with van der Waals surface area (Å²) in [6.07, 6.45) is 4.30. The Morgan fingerprint density at radius 3 is 2.80 bits per heavy atom. The molecule has 0 saturated heterocycles. The molecule has 0 spiro atoms. The first-order valence-corrected chi connectivity index (χ1v) is 6.32. The van der Waals surface area contributed by atoms with Gasteiger partial charge in [0.05, 0.1) is 18.6 Å². The first-order valence-electron chi connectivity index (χ1n) is 6.32. The first-order chi connectivity index (χ1) is 9.24. The third kappa shape index (κ3) is 2.93. The molecule has 1 aliphatic rings. The molecule has 3 nitrogen and oxygen atoms in total. The summed E-state index contributed by atoms with van der Waals surface area (Å²) in [5.74, 6) is -1.33. The molecule has 1 atom stereocenters. The number of aromatic amines is 1. The van der Waals surface area contributed by atoms with Gasteiger partial charge in [-0.2, -0.15) is 0 Å². The van der Waals surface area contributed by atoms with Gasteiger partial charge >= 0.3 is 0 Å². The van der Waals surface area contributed by atoms with E-state index in [0.29, 0.717) is 6.61 Å². The average Bonchev–Trinajstić information content (AvgIpc) is 2.85. The van der Waals surface area contributed by atoms with E-state index >= 15 is 0 Å². The number of halogens is 3. The minimum absolute atomic E-state index is 0. The molecule has 1 aromatic heterocycles. The Morgan fingerprint density at radius 1 is 1.30 bits per heavy atom. The molecule has 1 unspecified atom stereocenters. The van der Waals surface area contributed by atoms with Crippen LogP contribution in [0.15, 0.2) is 24.5 Å². The molecular formula is C14H15ClF2N2O. The number of nitrogens with one attached hydrogen (secondary N) is 1. The highest BCUT2D eigenvalue weighted by molar-refractivity contribution is 5.85. The third-order valence-electron chi connectivity index (χ3n) is 3.47.